The number of nitrogen functional groups attached to an aromatic ring is 1. The van der Waals surface area contributed by atoms with Crippen LogP contribution in [0.4, 0.5) is 11.4 Å². The summed E-state index contributed by atoms with van der Waals surface area (Å²) in [5, 5.41) is 9.07. The summed E-state index contributed by atoms with van der Waals surface area (Å²) in [6, 6.07) is 4.80. The highest BCUT2D eigenvalue weighted by Gasteiger charge is 2.32. The third-order valence-corrected chi connectivity index (χ3v) is 3.19. The van der Waals surface area contributed by atoms with E-state index in [1.807, 2.05) is 20.8 Å². The lowest BCUT2D eigenvalue weighted by Gasteiger charge is -2.43. The van der Waals surface area contributed by atoms with E-state index in [2.05, 4.69) is 4.90 Å². The molecule has 0 spiro atoms. The van der Waals surface area contributed by atoms with Crippen molar-refractivity contribution in [1.29, 1.82) is 0 Å². The average molecular weight is 264 g/mol. The van der Waals surface area contributed by atoms with Gasteiger partial charge in [-0.2, -0.15) is 0 Å². The Kier molecular flexibility index (Phi) is 3.41. The van der Waals surface area contributed by atoms with Crippen molar-refractivity contribution >= 4 is 17.3 Å². The summed E-state index contributed by atoms with van der Waals surface area (Å²) in [7, 11) is 0. The van der Waals surface area contributed by atoms with Crippen molar-refractivity contribution in [2.45, 2.75) is 32.5 Å². The molecule has 1 heterocycles. The van der Waals surface area contributed by atoms with Gasteiger partial charge >= 0.3 is 5.97 Å². The van der Waals surface area contributed by atoms with Crippen molar-refractivity contribution in [3.8, 4) is 0 Å². The lowest BCUT2D eigenvalue weighted by molar-refractivity contribution is -0.0749. The number of carboxylic acids is 1. The molecule has 19 heavy (non-hydrogen) atoms. The summed E-state index contributed by atoms with van der Waals surface area (Å²) >= 11 is 0. The van der Waals surface area contributed by atoms with Gasteiger partial charge in [-0.15, -0.1) is 0 Å². The molecule has 0 aromatic heterocycles. The van der Waals surface area contributed by atoms with Gasteiger partial charge in [-0.25, -0.2) is 4.79 Å². The minimum atomic E-state index is -0.943. The molecule has 1 fully saturated rings. The molecule has 1 aliphatic rings. The van der Waals surface area contributed by atoms with E-state index in [0.29, 0.717) is 18.8 Å². The Morgan fingerprint density at radius 3 is 2.79 bits per heavy atom. The molecule has 1 saturated heterocycles. The zero-order valence-corrected chi connectivity index (χ0v) is 11.5. The highest BCUT2D eigenvalue weighted by Crippen LogP contribution is 2.30. The molecule has 1 aromatic rings. The van der Waals surface area contributed by atoms with Crippen LogP contribution in [0.2, 0.25) is 0 Å². The topological polar surface area (TPSA) is 75.8 Å². The highest BCUT2D eigenvalue weighted by atomic mass is 16.5. The summed E-state index contributed by atoms with van der Waals surface area (Å²) in [6.45, 7) is 7.44. The van der Waals surface area contributed by atoms with Gasteiger partial charge in [0.05, 0.1) is 28.6 Å². The number of ether oxygens (including phenoxy) is 1. The molecule has 5 heteroatoms. The molecule has 1 atom stereocenters. The fourth-order valence-corrected chi connectivity index (χ4v) is 2.59. The Morgan fingerprint density at radius 2 is 2.21 bits per heavy atom. The molecule has 0 amide bonds. The van der Waals surface area contributed by atoms with Crippen molar-refractivity contribution in [3.63, 3.8) is 0 Å². The van der Waals surface area contributed by atoms with E-state index in [1.54, 1.807) is 12.1 Å². The minimum Gasteiger partial charge on any atom is -0.478 e. The number of nitrogens with two attached hydrogens (primary N) is 1. The van der Waals surface area contributed by atoms with Crippen LogP contribution in [-0.4, -0.2) is 35.9 Å². The number of morpholine rings is 1. The summed E-state index contributed by atoms with van der Waals surface area (Å²) in [4.78, 5) is 13.1. The smallest absolute Gasteiger partial charge is 0.335 e. The Hall–Kier alpha value is -1.75. The van der Waals surface area contributed by atoms with Gasteiger partial charge < -0.3 is 20.5 Å². The number of benzene rings is 1. The first kappa shape index (κ1) is 13.7. The maximum absolute atomic E-state index is 11.1. The fourth-order valence-electron chi connectivity index (χ4n) is 2.59. The quantitative estimate of drug-likeness (QED) is 0.799. The second kappa shape index (κ2) is 4.74. The summed E-state index contributed by atoms with van der Waals surface area (Å²) in [5.74, 6) is -0.943. The zero-order chi connectivity index (χ0) is 14.2. The molecule has 104 valence electrons. The third-order valence-electron chi connectivity index (χ3n) is 3.19. The van der Waals surface area contributed by atoms with Crippen LogP contribution in [0.15, 0.2) is 18.2 Å². The SMILES string of the molecule is CC1CN(c2cc(C(=O)O)ccc2N)CC(C)(C)O1. The number of aromatic carboxylic acids is 1. The van der Waals surface area contributed by atoms with Crippen LogP contribution in [0.25, 0.3) is 0 Å². The van der Waals surface area contributed by atoms with Crippen molar-refractivity contribution in [2.75, 3.05) is 23.7 Å². The molecular weight excluding hydrogens is 244 g/mol. The first-order valence-corrected chi connectivity index (χ1v) is 6.34. The van der Waals surface area contributed by atoms with Crippen LogP contribution in [0, 0.1) is 0 Å². The number of hydrogen-bond acceptors (Lipinski definition) is 4. The molecule has 1 aliphatic heterocycles. The second-order valence-corrected chi connectivity index (χ2v) is 5.65. The maximum Gasteiger partial charge on any atom is 0.335 e. The van der Waals surface area contributed by atoms with Crippen LogP contribution in [0.5, 0.6) is 0 Å². The zero-order valence-electron chi connectivity index (χ0n) is 11.5. The molecule has 5 nitrogen and oxygen atoms in total. The number of carbonyl (C=O) groups is 1. The summed E-state index contributed by atoms with van der Waals surface area (Å²) < 4.78 is 5.84. The lowest BCUT2D eigenvalue weighted by Crippen LogP contribution is -2.52. The standard InChI is InChI=1S/C14H20N2O3/c1-9-7-16(8-14(2,3)19-9)12-6-10(13(17)18)4-5-11(12)15/h4-6,9H,7-8,15H2,1-3H3,(H,17,18). The Morgan fingerprint density at radius 1 is 1.53 bits per heavy atom. The normalized spacial score (nSPS) is 22.3. The predicted molar refractivity (Wildman–Crippen MR) is 74.7 cm³/mol. The van der Waals surface area contributed by atoms with E-state index in [9.17, 15) is 4.79 Å². The van der Waals surface area contributed by atoms with Gasteiger partial charge in [-0.3, -0.25) is 0 Å². The summed E-state index contributed by atoms with van der Waals surface area (Å²) in [5.41, 5.74) is 7.31. The van der Waals surface area contributed by atoms with Crippen LogP contribution >= 0.6 is 0 Å². The van der Waals surface area contributed by atoms with E-state index in [-0.39, 0.29) is 17.3 Å². The van der Waals surface area contributed by atoms with E-state index in [4.69, 9.17) is 15.6 Å². The maximum atomic E-state index is 11.1. The van der Waals surface area contributed by atoms with Crippen LogP contribution in [0.1, 0.15) is 31.1 Å². The van der Waals surface area contributed by atoms with Gasteiger partial charge in [0.1, 0.15) is 0 Å². The number of hydrogen-bond donors (Lipinski definition) is 2. The molecule has 0 bridgehead atoms. The van der Waals surface area contributed by atoms with Crippen LogP contribution in [-0.2, 0) is 4.74 Å². The molecule has 0 saturated carbocycles. The first-order chi connectivity index (χ1) is 8.78. The Balaban J connectivity index is 2.35. The summed E-state index contributed by atoms with van der Waals surface area (Å²) in [6.07, 6.45) is 0.0802. The van der Waals surface area contributed by atoms with E-state index in [0.717, 1.165) is 5.69 Å². The van der Waals surface area contributed by atoms with Gasteiger partial charge in [0.15, 0.2) is 0 Å². The molecule has 1 aromatic carbocycles. The number of nitrogens with zero attached hydrogens (tertiary/aromatic N) is 1. The second-order valence-electron chi connectivity index (χ2n) is 5.65. The molecule has 0 radical (unpaired) electrons. The van der Waals surface area contributed by atoms with Gasteiger partial charge in [0.2, 0.25) is 0 Å². The Bertz CT molecular complexity index is 499. The highest BCUT2D eigenvalue weighted by molar-refractivity contribution is 5.90. The van der Waals surface area contributed by atoms with Crippen molar-refractivity contribution in [1.82, 2.24) is 0 Å². The van der Waals surface area contributed by atoms with E-state index in [1.165, 1.54) is 6.07 Å². The van der Waals surface area contributed by atoms with E-state index >= 15 is 0 Å². The average Bonchev–Trinajstić information content (AvgIpc) is 2.26. The van der Waals surface area contributed by atoms with Gasteiger partial charge in [-0.1, -0.05) is 0 Å². The molecular formula is C14H20N2O3. The third kappa shape index (κ3) is 2.98. The number of rotatable bonds is 2. The predicted octanol–water partition coefficient (Wildman–Crippen LogP) is 1.97. The van der Waals surface area contributed by atoms with Crippen molar-refractivity contribution < 1.29 is 14.6 Å². The largest absolute Gasteiger partial charge is 0.478 e. The van der Waals surface area contributed by atoms with Gasteiger partial charge in [-0.05, 0) is 39.0 Å². The monoisotopic (exact) mass is 264 g/mol. The van der Waals surface area contributed by atoms with Gasteiger partial charge in [0, 0.05) is 13.1 Å². The fraction of sp³-hybridized carbons (Fsp3) is 0.500. The molecule has 2 rings (SSSR count). The first-order valence-electron chi connectivity index (χ1n) is 6.34. The van der Waals surface area contributed by atoms with Crippen molar-refractivity contribution in [3.05, 3.63) is 23.8 Å². The van der Waals surface area contributed by atoms with E-state index < -0.39 is 5.97 Å². The van der Waals surface area contributed by atoms with Gasteiger partial charge in [0.25, 0.3) is 0 Å². The lowest BCUT2D eigenvalue weighted by atomic mass is 10.0. The molecule has 0 aliphatic carbocycles. The number of anilines is 2. The van der Waals surface area contributed by atoms with Crippen LogP contribution in [0.3, 0.4) is 0 Å². The number of carboxylic acid groups (broad SMARTS) is 1. The molecule has 1 unspecified atom stereocenters. The van der Waals surface area contributed by atoms with Crippen molar-refractivity contribution in [2.24, 2.45) is 0 Å². The Labute approximate surface area is 113 Å². The molecule has 3 N–H and O–H groups in total. The van der Waals surface area contributed by atoms with Crippen LogP contribution < -0.4 is 10.6 Å². The minimum absolute atomic E-state index is 0.0802.